The van der Waals surface area contributed by atoms with Gasteiger partial charge in [-0.2, -0.15) is 4.31 Å². The number of sulfonamides is 1. The van der Waals surface area contributed by atoms with Gasteiger partial charge in [-0.1, -0.05) is 43.4 Å². The molecule has 1 N–H and O–H groups in total. The lowest BCUT2D eigenvalue weighted by Gasteiger charge is -2.33. The second-order valence-electron chi connectivity index (χ2n) is 8.63. The van der Waals surface area contributed by atoms with Crippen LogP contribution in [0.3, 0.4) is 0 Å². The second-order valence-corrected chi connectivity index (χ2v) is 10.5. The zero-order valence-corrected chi connectivity index (χ0v) is 18.3. The highest BCUT2D eigenvalue weighted by Gasteiger charge is 2.35. The van der Waals surface area contributed by atoms with Crippen LogP contribution in [0, 0.1) is 26.7 Å². The number of rotatable bonds is 4. The molecule has 0 aromatic heterocycles. The topological polar surface area (TPSA) is 66.5 Å². The largest absolute Gasteiger partial charge is 0.353 e. The van der Waals surface area contributed by atoms with Crippen LogP contribution in [0.1, 0.15) is 68.1 Å². The third-order valence-electron chi connectivity index (χ3n) is 6.16. The summed E-state index contributed by atoms with van der Waals surface area (Å²) in [6, 6.07) is 4.09. The average Bonchev–Trinajstić information content (AvgIpc) is 2.89. The number of nitrogens with one attached hydrogen (secondary N) is 1. The van der Waals surface area contributed by atoms with E-state index in [1.54, 1.807) is 0 Å². The summed E-state index contributed by atoms with van der Waals surface area (Å²) in [7, 11) is -3.59. The quantitative estimate of drug-likeness (QED) is 0.772. The Bertz CT molecular complexity index is 788. The van der Waals surface area contributed by atoms with Gasteiger partial charge in [-0.05, 0) is 57.6 Å². The molecule has 1 aromatic carbocycles. The minimum atomic E-state index is -3.59. The van der Waals surface area contributed by atoms with Crippen molar-refractivity contribution in [2.45, 2.75) is 83.1 Å². The van der Waals surface area contributed by atoms with Crippen molar-refractivity contribution in [1.29, 1.82) is 0 Å². The van der Waals surface area contributed by atoms with E-state index in [0.29, 0.717) is 11.4 Å². The number of benzene rings is 1. The maximum Gasteiger partial charge on any atom is 0.243 e. The number of hydrogen-bond acceptors (Lipinski definition) is 3. The first-order valence-electron chi connectivity index (χ1n) is 10.7. The number of hydrogen-bond donors (Lipinski definition) is 1. The summed E-state index contributed by atoms with van der Waals surface area (Å²) >= 11 is 0. The van der Waals surface area contributed by atoms with E-state index in [-0.39, 0.29) is 24.4 Å². The zero-order valence-electron chi connectivity index (χ0n) is 17.5. The van der Waals surface area contributed by atoms with Crippen LogP contribution in [0.4, 0.5) is 0 Å². The molecule has 1 aliphatic carbocycles. The number of piperidine rings is 1. The summed E-state index contributed by atoms with van der Waals surface area (Å²) in [5, 5.41) is 3.21. The molecule has 1 aliphatic heterocycles. The van der Waals surface area contributed by atoms with Crippen LogP contribution in [0.2, 0.25) is 0 Å². The fraction of sp³-hybridized carbons (Fsp3) is 0.682. The molecule has 1 saturated carbocycles. The van der Waals surface area contributed by atoms with Crippen molar-refractivity contribution in [3.05, 3.63) is 28.8 Å². The molecule has 1 saturated heterocycles. The normalized spacial score (nSPS) is 22.6. The van der Waals surface area contributed by atoms with Crippen LogP contribution in [0.5, 0.6) is 0 Å². The summed E-state index contributed by atoms with van der Waals surface area (Å²) in [5.74, 6) is -0.220. The molecule has 28 heavy (non-hydrogen) atoms. The molecule has 0 unspecified atom stereocenters. The van der Waals surface area contributed by atoms with Crippen LogP contribution >= 0.6 is 0 Å². The first-order valence-corrected chi connectivity index (χ1v) is 12.1. The number of nitrogens with zero attached hydrogens (tertiary/aromatic N) is 1. The Morgan fingerprint density at radius 3 is 2.18 bits per heavy atom. The van der Waals surface area contributed by atoms with Crippen molar-refractivity contribution >= 4 is 15.9 Å². The molecule has 1 atom stereocenters. The lowest BCUT2D eigenvalue weighted by Crippen LogP contribution is -2.47. The third kappa shape index (κ3) is 4.77. The van der Waals surface area contributed by atoms with Gasteiger partial charge in [-0.3, -0.25) is 4.79 Å². The molecule has 1 heterocycles. The molecule has 156 valence electrons. The molecule has 0 spiro atoms. The van der Waals surface area contributed by atoms with Gasteiger partial charge in [-0.25, -0.2) is 8.42 Å². The van der Waals surface area contributed by atoms with Crippen LogP contribution in [0.25, 0.3) is 0 Å². The van der Waals surface area contributed by atoms with Crippen molar-refractivity contribution in [2.75, 3.05) is 13.1 Å². The Kier molecular flexibility index (Phi) is 6.81. The van der Waals surface area contributed by atoms with Crippen molar-refractivity contribution in [3.8, 4) is 0 Å². The maximum atomic E-state index is 13.3. The molecule has 2 aliphatic rings. The van der Waals surface area contributed by atoms with Gasteiger partial charge in [0.15, 0.2) is 0 Å². The van der Waals surface area contributed by atoms with E-state index in [2.05, 4.69) is 5.32 Å². The summed E-state index contributed by atoms with van der Waals surface area (Å²) in [6.45, 7) is 6.46. The van der Waals surface area contributed by atoms with Gasteiger partial charge in [0.05, 0.1) is 10.8 Å². The van der Waals surface area contributed by atoms with E-state index >= 15 is 0 Å². The number of aryl methyl sites for hydroxylation is 3. The first-order chi connectivity index (χ1) is 13.3. The van der Waals surface area contributed by atoms with E-state index in [1.165, 1.54) is 30.0 Å². The predicted octanol–water partition coefficient (Wildman–Crippen LogP) is 3.85. The van der Waals surface area contributed by atoms with E-state index in [0.717, 1.165) is 42.4 Å². The standard InChI is InChI=1S/C22H34N2O3S/c1-16-13-17(2)21(18(3)14-16)28(26,27)24-12-8-9-19(15-24)22(25)23-20-10-6-4-5-7-11-20/h13-14,19-20H,4-12,15H2,1-3H3,(H,23,25)/t19-/m1/s1. The Morgan fingerprint density at radius 2 is 1.57 bits per heavy atom. The third-order valence-corrected chi connectivity index (χ3v) is 8.33. The Hall–Kier alpha value is -1.40. The molecule has 2 fully saturated rings. The van der Waals surface area contributed by atoms with E-state index in [4.69, 9.17) is 0 Å². The van der Waals surface area contributed by atoms with Crippen molar-refractivity contribution in [3.63, 3.8) is 0 Å². The van der Waals surface area contributed by atoms with Crippen molar-refractivity contribution in [1.82, 2.24) is 9.62 Å². The van der Waals surface area contributed by atoms with Crippen molar-refractivity contribution in [2.24, 2.45) is 5.92 Å². The molecule has 5 nitrogen and oxygen atoms in total. The van der Waals surface area contributed by atoms with Gasteiger partial charge in [0.25, 0.3) is 0 Å². The molecular formula is C22H34N2O3S. The summed E-state index contributed by atoms with van der Waals surface area (Å²) in [5.41, 5.74) is 2.62. The Morgan fingerprint density at radius 1 is 0.964 bits per heavy atom. The van der Waals surface area contributed by atoms with E-state index < -0.39 is 10.0 Å². The summed E-state index contributed by atoms with van der Waals surface area (Å²) in [4.78, 5) is 13.2. The highest BCUT2D eigenvalue weighted by Crippen LogP contribution is 2.29. The lowest BCUT2D eigenvalue weighted by molar-refractivity contribution is -0.126. The highest BCUT2D eigenvalue weighted by atomic mass is 32.2. The molecule has 1 amide bonds. The van der Waals surface area contributed by atoms with Gasteiger partial charge in [0.1, 0.15) is 0 Å². The zero-order chi connectivity index (χ0) is 20.3. The maximum absolute atomic E-state index is 13.3. The molecule has 0 radical (unpaired) electrons. The van der Waals surface area contributed by atoms with Gasteiger partial charge in [-0.15, -0.1) is 0 Å². The van der Waals surface area contributed by atoms with E-state index in [1.807, 2.05) is 32.9 Å². The number of carbonyl (C=O) groups excluding carboxylic acids is 1. The molecule has 1 aromatic rings. The van der Waals surface area contributed by atoms with Gasteiger partial charge < -0.3 is 5.32 Å². The first kappa shape index (κ1) is 21.3. The second kappa shape index (κ2) is 8.95. The monoisotopic (exact) mass is 406 g/mol. The van der Waals surface area contributed by atoms with Crippen molar-refractivity contribution < 1.29 is 13.2 Å². The molecule has 6 heteroatoms. The predicted molar refractivity (Wildman–Crippen MR) is 112 cm³/mol. The van der Waals surface area contributed by atoms with Gasteiger partial charge in [0.2, 0.25) is 15.9 Å². The highest BCUT2D eigenvalue weighted by molar-refractivity contribution is 7.89. The van der Waals surface area contributed by atoms with Crippen LogP contribution in [0.15, 0.2) is 17.0 Å². The van der Waals surface area contributed by atoms with Crippen LogP contribution in [-0.4, -0.2) is 37.8 Å². The summed E-state index contributed by atoms with van der Waals surface area (Å²) in [6.07, 6.45) is 8.41. The average molecular weight is 407 g/mol. The van der Waals surface area contributed by atoms with Gasteiger partial charge in [0, 0.05) is 19.1 Å². The SMILES string of the molecule is Cc1cc(C)c(S(=O)(=O)N2CCC[C@@H](C(=O)NC3CCCCCC3)C2)c(C)c1. The number of carbonyl (C=O) groups is 1. The minimum Gasteiger partial charge on any atom is -0.353 e. The molecule has 3 rings (SSSR count). The molecular weight excluding hydrogens is 372 g/mol. The fourth-order valence-corrected chi connectivity index (χ4v) is 6.76. The summed E-state index contributed by atoms with van der Waals surface area (Å²) < 4.78 is 28.2. The van der Waals surface area contributed by atoms with E-state index in [9.17, 15) is 13.2 Å². The van der Waals surface area contributed by atoms with Crippen LogP contribution < -0.4 is 5.32 Å². The van der Waals surface area contributed by atoms with Crippen LogP contribution in [-0.2, 0) is 14.8 Å². The minimum absolute atomic E-state index is 0.0316. The Balaban J connectivity index is 1.72. The van der Waals surface area contributed by atoms with Gasteiger partial charge >= 0.3 is 0 Å². The molecule has 0 bridgehead atoms. The smallest absolute Gasteiger partial charge is 0.243 e. The number of amides is 1. The fourth-order valence-electron chi connectivity index (χ4n) is 4.82. The lowest BCUT2D eigenvalue weighted by atomic mass is 9.97. The Labute approximate surface area is 169 Å².